The second kappa shape index (κ2) is 4.61. The SMILES string of the molecule is CC12C=CC(=O)CC1C(CCCC(=O)O)CO2. The third kappa shape index (κ3) is 2.57. The fourth-order valence-corrected chi connectivity index (χ4v) is 2.86. The standard InChI is InChI=1S/C13H18O4/c1-13-6-5-10(14)7-11(13)9(8-17-13)3-2-4-12(15)16/h5-6,9,11H,2-4,7-8H2,1H3,(H,15,16). The van der Waals surface area contributed by atoms with E-state index in [1.165, 1.54) is 0 Å². The minimum absolute atomic E-state index is 0.154. The van der Waals surface area contributed by atoms with Crippen molar-refractivity contribution in [2.75, 3.05) is 6.61 Å². The Hall–Kier alpha value is -1.16. The molecule has 3 unspecified atom stereocenters. The van der Waals surface area contributed by atoms with Crippen molar-refractivity contribution in [1.29, 1.82) is 0 Å². The molecular formula is C13H18O4. The lowest BCUT2D eigenvalue weighted by Crippen LogP contribution is -2.36. The average Bonchev–Trinajstić information content (AvgIpc) is 2.57. The molecule has 3 atom stereocenters. The number of carboxylic acid groups (broad SMARTS) is 1. The number of hydrogen-bond donors (Lipinski definition) is 1. The molecule has 2 aliphatic rings. The first-order valence-corrected chi connectivity index (χ1v) is 6.09. The highest BCUT2D eigenvalue weighted by molar-refractivity contribution is 5.91. The predicted molar refractivity (Wildman–Crippen MR) is 61.6 cm³/mol. The summed E-state index contributed by atoms with van der Waals surface area (Å²) in [6.07, 6.45) is 5.69. The van der Waals surface area contributed by atoms with Crippen molar-refractivity contribution in [2.45, 2.75) is 38.2 Å². The minimum atomic E-state index is -0.758. The van der Waals surface area contributed by atoms with Gasteiger partial charge in [0.1, 0.15) is 0 Å². The summed E-state index contributed by atoms with van der Waals surface area (Å²) in [5.74, 6) is -0.0745. The number of ketones is 1. The van der Waals surface area contributed by atoms with Gasteiger partial charge in [0.05, 0.1) is 12.2 Å². The van der Waals surface area contributed by atoms with Gasteiger partial charge < -0.3 is 9.84 Å². The van der Waals surface area contributed by atoms with Crippen LogP contribution in [0.1, 0.15) is 32.6 Å². The molecule has 0 aromatic rings. The van der Waals surface area contributed by atoms with Crippen LogP contribution in [0.15, 0.2) is 12.2 Å². The Balaban J connectivity index is 1.95. The molecule has 1 aliphatic heterocycles. The van der Waals surface area contributed by atoms with E-state index in [0.29, 0.717) is 25.4 Å². The number of ether oxygens (including phenoxy) is 1. The van der Waals surface area contributed by atoms with E-state index in [1.54, 1.807) is 6.08 Å². The summed E-state index contributed by atoms with van der Waals surface area (Å²) in [7, 11) is 0. The first-order chi connectivity index (χ1) is 8.01. The van der Waals surface area contributed by atoms with Gasteiger partial charge in [0.15, 0.2) is 5.78 Å². The third-order valence-electron chi connectivity index (χ3n) is 3.90. The van der Waals surface area contributed by atoms with Crippen molar-refractivity contribution in [3.63, 3.8) is 0 Å². The van der Waals surface area contributed by atoms with E-state index >= 15 is 0 Å². The van der Waals surface area contributed by atoms with Crippen LogP contribution >= 0.6 is 0 Å². The van der Waals surface area contributed by atoms with Crippen LogP contribution in [0.3, 0.4) is 0 Å². The second-order valence-electron chi connectivity index (χ2n) is 5.15. The molecule has 2 rings (SSSR count). The molecule has 0 bridgehead atoms. The number of allylic oxidation sites excluding steroid dienone is 1. The van der Waals surface area contributed by atoms with Crippen LogP contribution in [0.5, 0.6) is 0 Å². The van der Waals surface area contributed by atoms with Crippen molar-refractivity contribution >= 4 is 11.8 Å². The summed E-state index contributed by atoms with van der Waals surface area (Å²) < 4.78 is 5.78. The van der Waals surface area contributed by atoms with Crippen LogP contribution in [0.2, 0.25) is 0 Å². The molecule has 1 aliphatic carbocycles. The zero-order valence-corrected chi connectivity index (χ0v) is 10.0. The molecule has 1 saturated heterocycles. The Morgan fingerprint density at radius 1 is 1.65 bits per heavy atom. The van der Waals surface area contributed by atoms with E-state index < -0.39 is 5.97 Å². The molecule has 94 valence electrons. The summed E-state index contributed by atoms with van der Waals surface area (Å²) in [6.45, 7) is 2.65. The summed E-state index contributed by atoms with van der Waals surface area (Å²) in [4.78, 5) is 21.9. The van der Waals surface area contributed by atoms with Gasteiger partial charge in [-0.15, -0.1) is 0 Å². The van der Waals surface area contributed by atoms with Crippen molar-refractivity contribution in [3.05, 3.63) is 12.2 Å². The summed E-state index contributed by atoms with van der Waals surface area (Å²) >= 11 is 0. The van der Waals surface area contributed by atoms with Crippen LogP contribution in [0, 0.1) is 11.8 Å². The van der Waals surface area contributed by atoms with E-state index in [4.69, 9.17) is 9.84 Å². The van der Waals surface area contributed by atoms with E-state index in [2.05, 4.69) is 0 Å². The van der Waals surface area contributed by atoms with Crippen molar-refractivity contribution in [2.24, 2.45) is 11.8 Å². The smallest absolute Gasteiger partial charge is 0.303 e. The molecule has 0 spiro atoms. The first kappa shape index (κ1) is 12.3. The zero-order chi connectivity index (χ0) is 12.5. The van der Waals surface area contributed by atoms with Crippen LogP contribution in [0.25, 0.3) is 0 Å². The predicted octanol–water partition coefficient (Wildman–Crippen LogP) is 1.79. The Labute approximate surface area is 101 Å². The second-order valence-corrected chi connectivity index (χ2v) is 5.15. The molecule has 0 radical (unpaired) electrons. The van der Waals surface area contributed by atoms with Gasteiger partial charge in [-0.25, -0.2) is 0 Å². The largest absolute Gasteiger partial charge is 0.481 e. The number of carbonyl (C=O) groups excluding carboxylic acids is 1. The van der Waals surface area contributed by atoms with Gasteiger partial charge in [0.25, 0.3) is 0 Å². The van der Waals surface area contributed by atoms with Crippen LogP contribution < -0.4 is 0 Å². The summed E-state index contributed by atoms with van der Waals surface area (Å²) in [5, 5.41) is 8.62. The fraction of sp³-hybridized carbons (Fsp3) is 0.692. The Bertz CT molecular complexity index is 360. The maximum atomic E-state index is 11.4. The molecule has 0 aromatic carbocycles. The number of carboxylic acids is 1. The van der Waals surface area contributed by atoms with Crippen molar-refractivity contribution in [1.82, 2.24) is 0 Å². The van der Waals surface area contributed by atoms with Crippen LogP contribution in [-0.2, 0) is 14.3 Å². The molecule has 1 fully saturated rings. The molecule has 0 aromatic heterocycles. The fourth-order valence-electron chi connectivity index (χ4n) is 2.86. The maximum absolute atomic E-state index is 11.4. The van der Waals surface area contributed by atoms with Gasteiger partial charge in [0.2, 0.25) is 0 Å². The molecule has 17 heavy (non-hydrogen) atoms. The van der Waals surface area contributed by atoms with Crippen LogP contribution in [-0.4, -0.2) is 29.1 Å². The van der Waals surface area contributed by atoms with Gasteiger partial charge in [-0.2, -0.15) is 0 Å². The van der Waals surface area contributed by atoms with E-state index in [-0.39, 0.29) is 23.7 Å². The topological polar surface area (TPSA) is 63.6 Å². The Kier molecular flexibility index (Phi) is 3.33. The lowest BCUT2D eigenvalue weighted by Gasteiger charge is -2.31. The summed E-state index contributed by atoms with van der Waals surface area (Å²) in [6, 6.07) is 0. The van der Waals surface area contributed by atoms with E-state index in [0.717, 1.165) is 6.42 Å². The molecule has 1 heterocycles. The average molecular weight is 238 g/mol. The van der Waals surface area contributed by atoms with Crippen molar-refractivity contribution < 1.29 is 19.4 Å². The number of aliphatic carboxylic acids is 1. The van der Waals surface area contributed by atoms with Gasteiger partial charge in [0, 0.05) is 18.8 Å². The molecule has 1 N–H and O–H groups in total. The molecular weight excluding hydrogens is 220 g/mol. The summed E-state index contributed by atoms with van der Waals surface area (Å²) in [5.41, 5.74) is -0.318. The Morgan fingerprint density at radius 3 is 3.12 bits per heavy atom. The lowest BCUT2D eigenvalue weighted by atomic mass is 9.74. The van der Waals surface area contributed by atoms with Crippen molar-refractivity contribution in [3.8, 4) is 0 Å². The van der Waals surface area contributed by atoms with Gasteiger partial charge in [-0.1, -0.05) is 0 Å². The van der Waals surface area contributed by atoms with Gasteiger partial charge in [-0.3, -0.25) is 9.59 Å². The van der Waals surface area contributed by atoms with Gasteiger partial charge >= 0.3 is 5.97 Å². The van der Waals surface area contributed by atoms with E-state index in [1.807, 2.05) is 13.0 Å². The number of hydrogen-bond acceptors (Lipinski definition) is 3. The van der Waals surface area contributed by atoms with Gasteiger partial charge in [-0.05, 0) is 37.8 Å². The van der Waals surface area contributed by atoms with Crippen LogP contribution in [0.4, 0.5) is 0 Å². The minimum Gasteiger partial charge on any atom is -0.481 e. The molecule has 0 saturated carbocycles. The van der Waals surface area contributed by atoms with E-state index in [9.17, 15) is 9.59 Å². The maximum Gasteiger partial charge on any atom is 0.303 e. The molecule has 4 heteroatoms. The molecule has 4 nitrogen and oxygen atoms in total. The zero-order valence-electron chi connectivity index (χ0n) is 10.0. The highest BCUT2D eigenvalue weighted by Gasteiger charge is 2.46. The lowest BCUT2D eigenvalue weighted by molar-refractivity contribution is -0.137. The highest BCUT2D eigenvalue weighted by Crippen LogP contribution is 2.43. The number of rotatable bonds is 4. The normalized spacial score (nSPS) is 35.9. The Morgan fingerprint density at radius 2 is 2.41 bits per heavy atom. The number of carbonyl (C=O) groups is 2. The third-order valence-corrected chi connectivity index (χ3v) is 3.90. The highest BCUT2D eigenvalue weighted by atomic mass is 16.5. The monoisotopic (exact) mass is 238 g/mol. The molecule has 0 amide bonds. The number of fused-ring (bicyclic) bond motifs is 1. The first-order valence-electron chi connectivity index (χ1n) is 6.09. The quantitative estimate of drug-likeness (QED) is 0.811.